The van der Waals surface area contributed by atoms with E-state index in [-0.39, 0.29) is 23.6 Å². The molecule has 1 atom stereocenters. The Morgan fingerprint density at radius 1 is 1.23 bits per heavy atom. The van der Waals surface area contributed by atoms with E-state index in [0.29, 0.717) is 18.5 Å². The van der Waals surface area contributed by atoms with Crippen LogP contribution in [0.3, 0.4) is 0 Å². The van der Waals surface area contributed by atoms with Crippen molar-refractivity contribution in [2.24, 2.45) is 5.41 Å². The molecule has 8 heteroatoms. The first-order chi connectivity index (χ1) is 12.2. The predicted octanol–water partition coefficient (Wildman–Crippen LogP) is 2.75. The molecule has 0 N–H and O–H groups in total. The Hall–Kier alpha value is -2.22. The lowest BCUT2D eigenvalue weighted by atomic mass is 9.94. The minimum absolute atomic E-state index is 0.00751. The summed E-state index contributed by atoms with van der Waals surface area (Å²) in [6.45, 7) is 6.17. The van der Waals surface area contributed by atoms with E-state index in [1.54, 1.807) is 29.2 Å². The predicted molar refractivity (Wildman–Crippen MR) is 94.8 cm³/mol. The quantitative estimate of drug-likeness (QED) is 0.813. The van der Waals surface area contributed by atoms with Crippen LogP contribution >= 0.6 is 0 Å². The number of benzene rings is 1. The lowest BCUT2D eigenvalue weighted by molar-refractivity contribution is -0.140. The molecule has 0 saturated carbocycles. The first kappa shape index (κ1) is 18.6. The first-order valence-electron chi connectivity index (χ1n) is 8.59. The molecule has 1 amide bonds. The van der Waals surface area contributed by atoms with Crippen molar-refractivity contribution >= 4 is 15.7 Å². The van der Waals surface area contributed by atoms with Gasteiger partial charge in [-0.2, -0.15) is 0 Å². The topological polar surface area (TPSA) is 93.4 Å². The van der Waals surface area contributed by atoms with Crippen LogP contribution in [0.15, 0.2) is 40.0 Å². The lowest BCUT2D eigenvalue weighted by Crippen LogP contribution is -2.39. The molecule has 140 valence electrons. The van der Waals surface area contributed by atoms with Crippen molar-refractivity contribution in [3.63, 3.8) is 0 Å². The van der Waals surface area contributed by atoms with Gasteiger partial charge in [-0.1, -0.05) is 56.2 Å². The van der Waals surface area contributed by atoms with Gasteiger partial charge < -0.3 is 9.32 Å². The fourth-order valence-electron chi connectivity index (χ4n) is 3.03. The highest BCUT2D eigenvalue weighted by Crippen LogP contribution is 2.35. The van der Waals surface area contributed by atoms with Gasteiger partial charge in [-0.25, -0.2) is 8.42 Å². The Morgan fingerprint density at radius 2 is 1.92 bits per heavy atom. The number of hydrogen-bond acceptors (Lipinski definition) is 6. The average molecular weight is 377 g/mol. The van der Waals surface area contributed by atoms with Crippen LogP contribution < -0.4 is 0 Å². The molecule has 0 bridgehead atoms. The summed E-state index contributed by atoms with van der Waals surface area (Å²) in [6, 6.07) is 8.47. The Kier molecular flexibility index (Phi) is 4.88. The first-order valence-corrected chi connectivity index (χ1v) is 10.2. The van der Waals surface area contributed by atoms with E-state index in [1.807, 2.05) is 26.8 Å². The zero-order chi connectivity index (χ0) is 18.9. The minimum atomic E-state index is -3.73. The SMILES string of the molecule is CC(C)(C)C(=O)N1CCC[C@H]1c1nnc(S(=O)(=O)Cc2ccccc2)o1. The zero-order valence-corrected chi connectivity index (χ0v) is 16.0. The van der Waals surface area contributed by atoms with E-state index in [2.05, 4.69) is 10.2 Å². The number of amides is 1. The van der Waals surface area contributed by atoms with E-state index in [4.69, 9.17) is 4.42 Å². The molecule has 1 aliphatic heterocycles. The molecule has 3 rings (SSSR count). The summed E-state index contributed by atoms with van der Waals surface area (Å²) in [5, 5.41) is 7.28. The van der Waals surface area contributed by atoms with E-state index in [0.717, 1.165) is 6.42 Å². The van der Waals surface area contributed by atoms with Crippen LogP contribution in [0.25, 0.3) is 0 Å². The van der Waals surface area contributed by atoms with Crippen LogP contribution in [-0.4, -0.2) is 36.0 Å². The number of sulfone groups is 1. The summed E-state index contributed by atoms with van der Waals surface area (Å²) in [4.78, 5) is 14.3. The third-order valence-electron chi connectivity index (χ3n) is 4.33. The molecule has 2 aromatic rings. The van der Waals surface area contributed by atoms with Gasteiger partial charge in [0.25, 0.3) is 0 Å². The molecule has 0 spiro atoms. The summed E-state index contributed by atoms with van der Waals surface area (Å²) in [7, 11) is -3.73. The van der Waals surface area contributed by atoms with Crippen LogP contribution in [0.5, 0.6) is 0 Å². The second-order valence-corrected chi connectivity index (χ2v) is 9.42. The molecule has 1 aromatic heterocycles. The summed E-state index contributed by atoms with van der Waals surface area (Å²) < 4.78 is 30.5. The molecule has 2 heterocycles. The molecule has 0 aliphatic carbocycles. The molecule has 1 aliphatic rings. The Morgan fingerprint density at radius 3 is 2.58 bits per heavy atom. The van der Waals surface area contributed by atoms with Crippen molar-refractivity contribution in [2.45, 2.75) is 50.6 Å². The number of nitrogens with zero attached hydrogens (tertiary/aromatic N) is 3. The summed E-state index contributed by atoms with van der Waals surface area (Å²) >= 11 is 0. The van der Waals surface area contributed by atoms with Gasteiger partial charge in [0.1, 0.15) is 6.04 Å². The van der Waals surface area contributed by atoms with Crippen molar-refractivity contribution in [2.75, 3.05) is 6.54 Å². The fraction of sp³-hybridized carbons (Fsp3) is 0.500. The maximum absolute atomic E-state index is 12.6. The van der Waals surface area contributed by atoms with Crippen molar-refractivity contribution in [1.29, 1.82) is 0 Å². The second-order valence-electron chi connectivity index (χ2n) is 7.56. The highest BCUT2D eigenvalue weighted by atomic mass is 32.2. The van der Waals surface area contributed by atoms with Crippen LogP contribution in [0.1, 0.15) is 51.1 Å². The molecule has 0 radical (unpaired) electrons. The van der Waals surface area contributed by atoms with Gasteiger partial charge in [-0.05, 0) is 18.4 Å². The number of carbonyl (C=O) groups is 1. The molecule has 1 aromatic carbocycles. The summed E-state index contributed by atoms with van der Waals surface area (Å²) in [6.07, 6.45) is 1.50. The largest absolute Gasteiger partial charge is 0.410 e. The van der Waals surface area contributed by atoms with Gasteiger partial charge in [0.05, 0.1) is 5.75 Å². The Balaban J connectivity index is 1.82. The highest BCUT2D eigenvalue weighted by Gasteiger charge is 2.39. The normalized spacial score (nSPS) is 18.3. The van der Waals surface area contributed by atoms with Crippen molar-refractivity contribution in [3.05, 3.63) is 41.8 Å². The average Bonchev–Trinajstić information content (AvgIpc) is 3.23. The molecular weight excluding hydrogens is 354 g/mol. The highest BCUT2D eigenvalue weighted by molar-refractivity contribution is 7.90. The number of carbonyl (C=O) groups excluding carboxylic acids is 1. The van der Waals surface area contributed by atoms with Crippen LogP contribution in [0.2, 0.25) is 0 Å². The number of hydrogen-bond donors (Lipinski definition) is 0. The van der Waals surface area contributed by atoms with Gasteiger partial charge in [-0.15, -0.1) is 5.10 Å². The summed E-state index contributed by atoms with van der Waals surface area (Å²) in [5.74, 6) is -0.0243. The minimum Gasteiger partial charge on any atom is -0.410 e. The molecule has 1 fully saturated rings. The van der Waals surface area contributed by atoms with Gasteiger partial charge in [0, 0.05) is 12.0 Å². The van der Waals surface area contributed by atoms with E-state index in [9.17, 15) is 13.2 Å². The van der Waals surface area contributed by atoms with Crippen LogP contribution in [0.4, 0.5) is 0 Å². The Bertz CT molecular complexity index is 885. The molecule has 26 heavy (non-hydrogen) atoms. The second kappa shape index (κ2) is 6.83. The maximum atomic E-state index is 12.6. The van der Waals surface area contributed by atoms with E-state index >= 15 is 0 Å². The fourth-order valence-corrected chi connectivity index (χ4v) is 4.17. The number of rotatable bonds is 4. The van der Waals surface area contributed by atoms with Gasteiger partial charge in [0.15, 0.2) is 0 Å². The van der Waals surface area contributed by atoms with E-state index < -0.39 is 20.5 Å². The monoisotopic (exact) mass is 377 g/mol. The van der Waals surface area contributed by atoms with Gasteiger partial charge >= 0.3 is 5.22 Å². The molecule has 1 saturated heterocycles. The summed E-state index contributed by atoms with van der Waals surface area (Å²) in [5.41, 5.74) is 0.128. The smallest absolute Gasteiger partial charge is 0.335 e. The van der Waals surface area contributed by atoms with E-state index in [1.165, 1.54) is 0 Å². The number of aromatic nitrogens is 2. The third-order valence-corrected chi connectivity index (χ3v) is 5.74. The van der Waals surface area contributed by atoms with Crippen molar-refractivity contribution < 1.29 is 17.6 Å². The van der Waals surface area contributed by atoms with Crippen molar-refractivity contribution in [3.8, 4) is 0 Å². The van der Waals surface area contributed by atoms with Gasteiger partial charge in [0.2, 0.25) is 21.6 Å². The zero-order valence-electron chi connectivity index (χ0n) is 15.2. The molecular formula is C18H23N3O4S. The number of likely N-dealkylation sites (tertiary alicyclic amines) is 1. The third kappa shape index (κ3) is 3.80. The van der Waals surface area contributed by atoms with Crippen molar-refractivity contribution in [1.82, 2.24) is 15.1 Å². The lowest BCUT2D eigenvalue weighted by Gasteiger charge is -2.29. The molecule has 0 unspecified atom stereocenters. The van der Waals surface area contributed by atoms with Crippen LogP contribution in [0, 0.1) is 5.41 Å². The van der Waals surface area contributed by atoms with Crippen LogP contribution in [-0.2, 0) is 20.4 Å². The maximum Gasteiger partial charge on any atom is 0.335 e. The standard InChI is InChI=1S/C18H23N3O4S/c1-18(2,3)16(22)21-11-7-10-14(21)15-19-20-17(25-15)26(23,24)12-13-8-5-4-6-9-13/h4-6,8-9,14H,7,10-12H2,1-3H3/t14-/m0/s1. The Labute approximate surface area is 153 Å². The van der Waals surface area contributed by atoms with Gasteiger partial charge in [-0.3, -0.25) is 4.79 Å². The molecule has 7 nitrogen and oxygen atoms in total.